The number of allylic oxidation sites excluding steroid dienone is 1. The number of hydrogen-bond acceptors (Lipinski definition) is 5. The van der Waals surface area contributed by atoms with E-state index in [0.717, 1.165) is 12.0 Å². The Morgan fingerprint density at radius 1 is 1.47 bits per heavy atom. The van der Waals surface area contributed by atoms with E-state index < -0.39 is 4.92 Å². The van der Waals surface area contributed by atoms with Crippen molar-refractivity contribution in [1.29, 1.82) is 0 Å². The van der Waals surface area contributed by atoms with Crippen molar-refractivity contribution >= 4 is 17.4 Å². The third kappa shape index (κ3) is 3.48. The zero-order valence-electron chi connectivity index (χ0n) is 10.7. The molecule has 19 heavy (non-hydrogen) atoms. The van der Waals surface area contributed by atoms with Gasteiger partial charge in [0.1, 0.15) is 0 Å². The minimum Gasteiger partial charge on any atom is -0.375 e. The van der Waals surface area contributed by atoms with Crippen molar-refractivity contribution in [1.82, 2.24) is 5.32 Å². The zero-order valence-corrected chi connectivity index (χ0v) is 11.5. The highest BCUT2D eigenvalue weighted by Gasteiger charge is 2.22. The van der Waals surface area contributed by atoms with Crippen molar-refractivity contribution in [3.63, 3.8) is 0 Å². The van der Waals surface area contributed by atoms with Crippen LogP contribution in [0.3, 0.4) is 0 Å². The largest absolute Gasteiger partial charge is 0.375 e. The van der Waals surface area contributed by atoms with Crippen molar-refractivity contribution in [2.45, 2.75) is 31.2 Å². The summed E-state index contributed by atoms with van der Waals surface area (Å²) in [5, 5.41) is 16.3. The molecule has 6 heteroatoms. The van der Waals surface area contributed by atoms with E-state index in [4.69, 9.17) is 5.73 Å². The molecule has 0 radical (unpaired) electrons. The van der Waals surface area contributed by atoms with Crippen LogP contribution in [0, 0.1) is 10.1 Å². The number of nitro groups is 1. The van der Waals surface area contributed by atoms with Crippen molar-refractivity contribution in [3.05, 3.63) is 51.0 Å². The number of non-ortho nitro benzene ring substituents is 1. The maximum atomic E-state index is 10.6. The second kappa shape index (κ2) is 6.08. The van der Waals surface area contributed by atoms with Crippen LogP contribution < -0.4 is 11.1 Å². The lowest BCUT2D eigenvalue weighted by atomic mass is 10.1. The Balaban J connectivity index is 1.92. The molecule has 0 aromatic heterocycles. The molecule has 0 saturated carbocycles. The van der Waals surface area contributed by atoms with Crippen molar-refractivity contribution in [2.75, 3.05) is 0 Å². The highest BCUT2D eigenvalue weighted by atomic mass is 32.2. The molecular formula is C13H17N3O2S. The van der Waals surface area contributed by atoms with E-state index in [-0.39, 0.29) is 17.1 Å². The summed E-state index contributed by atoms with van der Waals surface area (Å²) in [5.41, 5.74) is 8.52. The van der Waals surface area contributed by atoms with Gasteiger partial charge in [0.15, 0.2) is 0 Å². The van der Waals surface area contributed by atoms with Gasteiger partial charge in [-0.25, -0.2) is 0 Å². The predicted molar refractivity (Wildman–Crippen MR) is 77.7 cm³/mol. The SMILES string of the molecule is CCC1=CSC([C@@H](N)Cc2ccc([N+](=O)[O-])cc2)N1. The minimum absolute atomic E-state index is 0.0215. The van der Waals surface area contributed by atoms with Crippen molar-refractivity contribution in [3.8, 4) is 0 Å². The van der Waals surface area contributed by atoms with Crippen LogP contribution in [0.5, 0.6) is 0 Å². The smallest absolute Gasteiger partial charge is 0.269 e. The molecule has 0 saturated heterocycles. The maximum absolute atomic E-state index is 10.6. The van der Waals surface area contributed by atoms with E-state index >= 15 is 0 Å². The van der Waals surface area contributed by atoms with Gasteiger partial charge in [-0.1, -0.05) is 19.1 Å². The molecule has 2 atom stereocenters. The van der Waals surface area contributed by atoms with Crippen LogP contribution in [-0.2, 0) is 6.42 Å². The summed E-state index contributed by atoms with van der Waals surface area (Å²) in [7, 11) is 0. The van der Waals surface area contributed by atoms with Crippen molar-refractivity contribution < 1.29 is 4.92 Å². The molecule has 3 N–H and O–H groups in total. The van der Waals surface area contributed by atoms with Crippen LogP contribution in [0.25, 0.3) is 0 Å². The van der Waals surface area contributed by atoms with E-state index in [0.29, 0.717) is 6.42 Å². The lowest BCUT2D eigenvalue weighted by Gasteiger charge is -2.20. The number of nitrogens with one attached hydrogen (secondary N) is 1. The Hall–Kier alpha value is -1.53. The molecule has 0 aliphatic carbocycles. The van der Waals surface area contributed by atoms with Crippen LogP contribution in [-0.4, -0.2) is 16.3 Å². The van der Waals surface area contributed by atoms with Gasteiger partial charge >= 0.3 is 0 Å². The molecule has 5 nitrogen and oxygen atoms in total. The molecule has 102 valence electrons. The fraction of sp³-hybridized carbons (Fsp3) is 0.385. The van der Waals surface area contributed by atoms with Gasteiger partial charge in [-0.3, -0.25) is 10.1 Å². The first kappa shape index (κ1) is 13.9. The Morgan fingerprint density at radius 3 is 2.68 bits per heavy atom. The monoisotopic (exact) mass is 279 g/mol. The van der Waals surface area contributed by atoms with Crippen LogP contribution in [0.1, 0.15) is 18.9 Å². The third-order valence-corrected chi connectivity index (χ3v) is 4.25. The van der Waals surface area contributed by atoms with E-state index in [1.165, 1.54) is 17.8 Å². The highest BCUT2D eigenvalue weighted by Crippen LogP contribution is 2.25. The van der Waals surface area contributed by atoms with Crippen LogP contribution in [0.2, 0.25) is 0 Å². The lowest BCUT2D eigenvalue weighted by Crippen LogP contribution is -2.41. The van der Waals surface area contributed by atoms with Gasteiger partial charge in [0.2, 0.25) is 0 Å². The lowest BCUT2D eigenvalue weighted by molar-refractivity contribution is -0.384. The Labute approximate surface area is 116 Å². The Morgan fingerprint density at radius 2 is 2.16 bits per heavy atom. The normalized spacial score (nSPS) is 19.7. The molecule has 0 spiro atoms. The number of benzene rings is 1. The zero-order chi connectivity index (χ0) is 13.8. The van der Waals surface area contributed by atoms with E-state index in [9.17, 15) is 10.1 Å². The molecule has 1 aliphatic heterocycles. The van der Waals surface area contributed by atoms with Crippen molar-refractivity contribution in [2.24, 2.45) is 5.73 Å². The van der Waals surface area contributed by atoms with Gasteiger partial charge < -0.3 is 11.1 Å². The van der Waals surface area contributed by atoms with E-state index in [1.54, 1.807) is 23.9 Å². The van der Waals surface area contributed by atoms with Crippen LogP contribution in [0.15, 0.2) is 35.4 Å². The number of rotatable bonds is 5. The standard InChI is InChI=1S/C13H17N3O2S/c1-2-10-8-19-13(15-10)12(14)7-9-3-5-11(6-4-9)16(17)18/h3-6,8,12-13,15H,2,7,14H2,1H3/t12-,13?/m0/s1. The second-order valence-corrected chi connectivity index (χ2v) is 5.50. The fourth-order valence-corrected chi connectivity index (χ4v) is 3.00. The molecule has 2 rings (SSSR count). The topological polar surface area (TPSA) is 81.2 Å². The first-order chi connectivity index (χ1) is 9.10. The summed E-state index contributed by atoms with van der Waals surface area (Å²) in [5.74, 6) is 0. The number of hydrogen-bond donors (Lipinski definition) is 2. The van der Waals surface area contributed by atoms with Gasteiger partial charge in [0, 0.05) is 23.9 Å². The van der Waals surface area contributed by atoms with Gasteiger partial charge in [0.25, 0.3) is 5.69 Å². The predicted octanol–water partition coefficient (Wildman–Crippen LogP) is 2.38. The Bertz CT molecular complexity index is 487. The first-order valence-electron chi connectivity index (χ1n) is 6.20. The van der Waals surface area contributed by atoms with Gasteiger partial charge in [-0.2, -0.15) is 0 Å². The second-order valence-electron chi connectivity index (χ2n) is 4.49. The summed E-state index contributed by atoms with van der Waals surface area (Å²) >= 11 is 1.70. The van der Waals surface area contributed by atoms with Crippen LogP contribution >= 0.6 is 11.8 Å². The summed E-state index contributed by atoms with van der Waals surface area (Å²) in [4.78, 5) is 10.2. The highest BCUT2D eigenvalue weighted by molar-refractivity contribution is 8.03. The summed E-state index contributed by atoms with van der Waals surface area (Å²) in [6, 6.07) is 6.56. The third-order valence-electron chi connectivity index (χ3n) is 3.07. The maximum Gasteiger partial charge on any atom is 0.269 e. The van der Waals surface area contributed by atoms with Crippen LogP contribution in [0.4, 0.5) is 5.69 Å². The molecule has 1 aromatic rings. The average molecular weight is 279 g/mol. The Kier molecular flexibility index (Phi) is 4.44. The van der Waals surface area contributed by atoms with E-state index in [1.807, 2.05) is 0 Å². The molecule has 1 aromatic carbocycles. The molecule has 0 bridgehead atoms. The molecule has 1 unspecified atom stereocenters. The fourth-order valence-electron chi connectivity index (χ4n) is 1.93. The molecular weight excluding hydrogens is 262 g/mol. The minimum atomic E-state index is -0.393. The summed E-state index contributed by atoms with van der Waals surface area (Å²) in [6.07, 6.45) is 1.68. The quantitative estimate of drug-likeness (QED) is 0.639. The molecule has 0 fully saturated rings. The number of nitro benzene ring substituents is 1. The molecule has 1 heterocycles. The number of nitrogens with two attached hydrogens (primary N) is 1. The summed E-state index contributed by atoms with van der Waals surface area (Å²) in [6.45, 7) is 2.10. The first-order valence-corrected chi connectivity index (χ1v) is 7.14. The average Bonchev–Trinajstić information content (AvgIpc) is 2.88. The summed E-state index contributed by atoms with van der Waals surface area (Å²) < 4.78 is 0. The van der Waals surface area contributed by atoms with Gasteiger partial charge in [-0.05, 0) is 23.8 Å². The van der Waals surface area contributed by atoms with Gasteiger partial charge in [0.05, 0.1) is 10.3 Å². The van der Waals surface area contributed by atoms with Gasteiger partial charge in [-0.15, -0.1) is 11.8 Å². The molecule has 1 aliphatic rings. The number of nitrogens with zero attached hydrogens (tertiary/aromatic N) is 1. The van der Waals surface area contributed by atoms with E-state index in [2.05, 4.69) is 17.6 Å². The number of thioether (sulfide) groups is 1. The molecule has 0 amide bonds.